The fourth-order valence-electron chi connectivity index (χ4n) is 1.67. The number of fused-ring (bicyclic) bond motifs is 1. The van der Waals surface area contributed by atoms with Crippen LogP contribution in [0.4, 0.5) is 0 Å². The third kappa shape index (κ3) is 2.21. The summed E-state index contributed by atoms with van der Waals surface area (Å²) < 4.78 is 7.26. The first-order chi connectivity index (χ1) is 7.74. The zero-order chi connectivity index (χ0) is 11.5. The monoisotopic (exact) mass is 282 g/mol. The summed E-state index contributed by atoms with van der Waals surface area (Å²) in [4.78, 5) is 0. The fourth-order valence-corrected chi connectivity index (χ4v) is 1.87. The molecule has 16 heavy (non-hydrogen) atoms. The number of nitrogens with zero attached hydrogens (tertiary/aromatic N) is 2. The number of methoxy groups -OCH3 is 1. The molecule has 0 bridgehead atoms. The minimum absolute atomic E-state index is 0.564. The van der Waals surface area contributed by atoms with Crippen molar-refractivity contribution in [1.29, 1.82) is 0 Å². The zero-order valence-corrected chi connectivity index (χ0v) is 11.1. The van der Waals surface area contributed by atoms with Gasteiger partial charge in [0.15, 0.2) is 0 Å². The van der Waals surface area contributed by atoms with Crippen molar-refractivity contribution in [2.75, 3.05) is 12.4 Å². The van der Waals surface area contributed by atoms with Gasteiger partial charge in [-0.25, -0.2) is 0 Å². The van der Waals surface area contributed by atoms with Gasteiger partial charge in [0.2, 0.25) is 0 Å². The summed E-state index contributed by atoms with van der Waals surface area (Å²) >= 11 is 3.49. The lowest BCUT2D eigenvalue weighted by Crippen LogP contribution is -2.09. The zero-order valence-electron chi connectivity index (χ0n) is 9.48. The van der Waals surface area contributed by atoms with E-state index in [0.29, 0.717) is 5.92 Å². The number of hydrogen-bond donors (Lipinski definition) is 0. The molecule has 1 aromatic carbocycles. The second-order valence-corrected chi connectivity index (χ2v) is 4.66. The molecule has 0 amide bonds. The summed E-state index contributed by atoms with van der Waals surface area (Å²) in [6.07, 6.45) is 1.90. The second kappa shape index (κ2) is 4.87. The van der Waals surface area contributed by atoms with Crippen molar-refractivity contribution in [2.24, 2.45) is 5.92 Å². The highest BCUT2D eigenvalue weighted by Gasteiger charge is 2.07. The first kappa shape index (κ1) is 11.5. The van der Waals surface area contributed by atoms with E-state index in [1.165, 1.54) is 0 Å². The summed E-state index contributed by atoms with van der Waals surface area (Å²) in [7, 11) is 1.68. The van der Waals surface area contributed by atoms with Crippen molar-refractivity contribution in [3.05, 3.63) is 24.4 Å². The molecule has 2 aromatic rings. The van der Waals surface area contributed by atoms with E-state index in [1.54, 1.807) is 7.11 Å². The molecule has 0 N–H and O–H groups in total. The Morgan fingerprint density at radius 3 is 3.00 bits per heavy atom. The third-order valence-corrected chi connectivity index (χ3v) is 3.71. The maximum atomic E-state index is 5.23. The number of alkyl halides is 1. The van der Waals surface area contributed by atoms with Crippen LogP contribution < -0.4 is 4.74 Å². The Morgan fingerprint density at radius 2 is 2.31 bits per heavy atom. The van der Waals surface area contributed by atoms with Crippen LogP contribution in [0.2, 0.25) is 0 Å². The number of benzene rings is 1. The molecule has 4 heteroatoms. The van der Waals surface area contributed by atoms with Crippen molar-refractivity contribution in [3.8, 4) is 5.75 Å². The van der Waals surface area contributed by atoms with Gasteiger partial charge in [-0.2, -0.15) is 5.10 Å². The number of hydrogen-bond acceptors (Lipinski definition) is 2. The Labute approximate surface area is 104 Å². The SMILES string of the molecule is COc1ccc2cnn(CC(C)CBr)c2c1. The van der Waals surface area contributed by atoms with Crippen LogP contribution in [0.1, 0.15) is 6.92 Å². The summed E-state index contributed by atoms with van der Waals surface area (Å²) in [5, 5.41) is 6.54. The van der Waals surface area contributed by atoms with Crippen LogP contribution in [0.25, 0.3) is 10.9 Å². The largest absolute Gasteiger partial charge is 0.497 e. The van der Waals surface area contributed by atoms with Crippen LogP contribution in [0.15, 0.2) is 24.4 Å². The Hall–Kier alpha value is -1.03. The van der Waals surface area contributed by atoms with E-state index >= 15 is 0 Å². The maximum absolute atomic E-state index is 5.23. The van der Waals surface area contributed by atoms with Crippen LogP contribution in [-0.2, 0) is 6.54 Å². The number of rotatable bonds is 4. The van der Waals surface area contributed by atoms with Gasteiger partial charge in [0.25, 0.3) is 0 Å². The molecule has 0 aliphatic rings. The summed E-state index contributed by atoms with van der Waals surface area (Å²) in [6, 6.07) is 6.03. The smallest absolute Gasteiger partial charge is 0.121 e. The molecule has 1 heterocycles. The molecule has 1 aromatic heterocycles. The number of halogens is 1. The average molecular weight is 283 g/mol. The molecule has 1 atom stereocenters. The van der Waals surface area contributed by atoms with E-state index in [1.807, 2.05) is 29.1 Å². The van der Waals surface area contributed by atoms with E-state index < -0.39 is 0 Å². The predicted octanol–water partition coefficient (Wildman–Crippen LogP) is 3.08. The minimum Gasteiger partial charge on any atom is -0.497 e. The van der Waals surface area contributed by atoms with Crippen LogP contribution in [0.3, 0.4) is 0 Å². The number of ether oxygens (including phenoxy) is 1. The molecule has 1 unspecified atom stereocenters. The van der Waals surface area contributed by atoms with Crippen molar-refractivity contribution >= 4 is 26.8 Å². The molecule has 0 saturated carbocycles. The van der Waals surface area contributed by atoms with Gasteiger partial charge in [-0.3, -0.25) is 4.68 Å². The van der Waals surface area contributed by atoms with Gasteiger partial charge in [0.05, 0.1) is 18.8 Å². The van der Waals surface area contributed by atoms with Gasteiger partial charge in [0, 0.05) is 23.3 Å². The highest BCUT2D eigenvalue weighted by Crippen LogP contribution is 2.21. The Balaban J connectivity index is 2.38. The molecule has 0 aliphatic carbocycles. The van der Waals surface area contributed by atoms with Crippen molar-refractivity contribution in [2.45, 2.75) is 13.5 Å². The quantitative estimate of drug-likeness (QED) is 0.806. The van der Waals surface area contributed by atoms with Gasteiger partial charge in [-0.1, -0.05) is 22.9 Å². The average Bonchev–Trinajstić information content (AvgIpc) is 2.71. The maximum Gasteiger partial charge on any atom is 0.121 e. The molecule has 0 fully saturated rings. The van der Waals surface area contributed by atoms with Crippen molar-refractivity contribution in [3.63, 3.8) is 0 Å². The topological polar surface area (TPSA) is 27.1 Å². The highest BCUT2D eigenvalue weighted by molar-refractivity contribution is 9.09. The van der Waals surface area contributed by atoms with E-state index in [0.717, 1.165) is 28.5 Å². The van der Waals surface area contributed by atoms with E-state index in [4.69, 9.17) is 4.74 Å². The molecule has 0 spiro atoms. The molecule has 86 valence electrons. The van der Waals surface area contributed by atoms with Crippen LogP contribution in [0.5, 0.6) is 5.75 Å². The second-order valence-electron chi connectivity index (χ2n) is 4.01. The molecule has 0 saturated heterocycles. The van der Waals surface area contributed by atoms with Gasteiger partial charge >= 0.3 is 0 Å². The summed E-state index contributed by atoms with van der Waals surface area (Å²) in [6.45, 7) is 3.12. The molecule has 0 aliphatic heterocycles. The summed E-state index contributed by atoms with van der Waals surface area (Å²) in [5.74, 6) is 1.44. The molecular formula is C12H15BrN2O. The molecule has 0 radical (unpaired) electrons. The highest BCUT2D eigenvalue weighted by atomic mass is 79.9. The lowest BCUT2D eigenvalue weighted by atomic mass is 10.2. The molecule has 3 nitrogen and oxygen atoms in total. The normalized spacial score (nSPS) is 12.9. The fraction of sp³-hybridized carbons (Fsp3) is 0.417. The lowest BCUT2D eigenvalue weighted by molar-refractivity contribution is 0.415. The van der Waals surface area contributed by atoms with Crippen molar-refractivity contribution in [1.82, 2.24) is 9.78 Å². The van der Waals surface area contributed by atoms with E-state index in [9.17, 15) is 0 Å². The van der Waals surface area contributed by atoms with Crippen LogP contribution >= 0.6 is 15.9 Å². The van der Waals surface area contributed by atoms with Gasteiger partial charge < -0.3 is 4.74 Å². The Bertz CT molecular complexity index is 481. The predicted molar refractivity (Wildman–Crippen MR) is 69.2 cm³/mol. The van der Waals surface area contributed by atoms with Gasteiger partial charge in [0.1, 0.15) is 5.75 Å². The summed E-state index contributed by atoms with van der Waals surface area (Å²) in [5.41, 5.74) is 1.13. The third-order valence-electron chi connectivity index (χ3n) is 2.60. The van der Waals surface area contributed by atoms with Crippen molar-refractivity contribution < 1.29 is 4.74 Å². The molecular weight excluding hydrogens is 268 g/mol. The number of aromatic nitrogens is 2. The van der Waals surface area contributed by atoms with E-state index in [-0.39, 0.29) is 0 Å². The van der Waals surface area contributed by atoms with Gasteiger partial charge in [-0.15, -0.1) is 0 Å². The van der Waals surface area contributed by atoms with Crippen LogP contribution in [0, 0.1) is 5.92 Å². The van der Waals surface area contributed by atoms with E-state index in [2.05, 4.69) is 28.0 Å². The van der Waals surface area contributed by atoms with Crippen LogP contribution in [-0.4, -0.2) is 22.2 Å². The lowest BCUT2D eigenvalue weighted by Gasteiger charge is -2.09. The first-order valence-electron chi connectivity index (χ1n) is 5.30. The molecule has 2 rings (SSSR count). The first-order valence-corrected chi connectivity index (χ1v) is 6.42. The Morgan fingerprint density at radius 1 is 1.50 bits per heavy atom. The van der Waals surface area contributed by atoms with Gasteiger partial charge in [-0.05, 0) is 18.1 Å². The minimum atomic E-state index is 0.564. The Kier molecular flexibility index (Phi) is 3.49. The standard InChI is InChI=1S/C12H15BrN2O/c1-9(6-13)8-15-12-5-11(16-2)4-3-10(12)7-14-15/h3-5,7,9H,6,8H2,1-2H3.